The fourth-order valence-corrected chi connectivity index (χ4v) is 1.31. The summed E-state index contributed by atoms with van der Waals surface area (Å²) in [6.45, 7) is 3.52. The first-order valence-corrected chi connectivity index (χ1v) is 5.14. The van der Waals surface area contributed by atoms with Crippen LogP contribution in [0.1, 0.15) is 6.42 Å². The maximum atomic E-state index is 11.8. The van der Waals surface area contributed by atoms with Crippen molar-refractivity contribution in [1.29, 1.82) is 0 Å². The monoisotopic (exact) mass is 233 g/mol. The molecule has 0 unspecified atom stereocenters. The van der Waals surface area contributed by atoms with Gasteiger partial charge >= 0.3 is 5.97 Å². The van der Waals surface area contributed by atoms with E-state index in [4.69, 9.17) is 0 Å². The number of hydrogen-bond acceptors (Lipinski definition) is 3. The minimum atomic E-state index is -0.556. The number of esters is 1. The van der Waals surface area contributed by atoms with Gasteiger partial charge in [-0.1, -0.05) is 24.8 Å². The second-order valence-corrected chi connectivity index (χ2v) is 3.56. The molecule has 0 aliphatic heterocycles. The summed E-state index contributed by atoms with van der Waals surface area (Å²) < 4.78 is 4.49. The van der Waals surface area contributed by atoms with Gasteiger partial charge in [-0.2, -0.15) is 0 Å². The third-order valence-corrected chi connectivity index (χ3v) is 2.36. The molecule has 90 valence electrons. The smallest absolute Gasteiger partial charge is 0.333 e. The van der Waals surface area contributed by atoms with Crippen LogP contribution in [0, 0.1) is 0 Å². The minimum absolute atomic E-state index is 0.0436. The molecule has 0 bridgehead atoms. The molecule has 0 heterocycles. The van der Waals surface area contributed by atoms with E-state index >= 15 is 0 Å². The number of rotatable bonds is 4. The van der Waals surface area contributed by atoms with E-state index in [1.807, 2.05) is 30.3 Å². The predicted octanol–water partition coefficient (Wildman–Crippen LogP) is 1.77. The van der Waals surface area contributed by atoms with Gasteiger partial charge in [0.25, 0.3) is 0 Å². The van der Waals surface area contributed by atoms with Crippen LogP contribution in [0.3, 0.4) is 0 Å². The highest BCUT2D eigenvalue weighted by Crippen LogP contribution is 2.14. The van der Waals surface area contributed by atoms with E-state index in [-0.39, 0.29) is 17.9 Å². The Morgan fingerprint density at radius 1 is 1.29 bits per heavy atom. The van der Waals surface area contributed by atoms with E-state index in [1.165, 1.54) is 12.0 Å². The molecule has 0 saturated carbocycles. The zero-order chi connectivity index (χ0) is 12.8. The Morgan fingerprint density at radius 3 is 2.41 bits per heavy atom. The molecular weight excluding hydrogens is 218 g/mol. The van der Waals surface area contributed by atoms with Gasteiger partial charge in [0.2, 0.25) is 5.91 Å². The van der Waals surface area contributed by atoms with Crippen molar-refractivity contribution in [2.75, 3.05) is 19.1 Å². The standard InChI is InChI=1S/C13H15NO3/c1-10(13(16)17-3)9-12(15)14(2)11-7-5-4-6-8-11/h4-8H,1,9H2,2-3H3. The molecule has 17 heavy (non-hydrogen) atoms. The van der Waals surface area contributed by atoms with Crippen LogP contribution >= 0.6 is 0 Å². The van der Waals surface area contributed by atoms with Crippen molar-refractivity contribution in [3.63, 3.8) is 0 Å². The number of amides is 1. The largest absolute Gasteiger partial charge is 0.466 e. The fraction of sp³-hybridized carbons (Fsp3) is 0.231. The highest BCUT2D eigenvalue weighted by Gasteiger charge is 2.16. The molecule has 0 aliphatic rings. The lowest BCUT2D eigenvalue weighted by Gasteiger charge is -2.17. The zero-order valence-corrected chi connectivity index (χ0v) is 9.97. The second kappa shape index (κ2) is 5.84. The van der Waals surface area contributed by atoms with Gasteiger partial charge in [-0.15, -0.1) is 0 Å². The number of benzene rings is 1. The van der Waals surface area contributed by atoms with Crippen molar-refractivity contribution < 1.29 is 14.3 Å². The molecule has 0 N–H and O–H groups in total. The molecule has 4 heteroatoms. The number of ether oxygens (including phenoxy) is 1. The van der Waals surface area contributed by atoms with Gasteiger partial charge < -0.3 is 9.64 Å². The number of nitrogens with zero attached hydrogens (tertiary/aromatic N) is 1. The van der Waals surface area contributed by atoms with Crippen LogP contribution in [0.4, 0.5) is 5.69 Å². The van der Waals surface area contributed by atoms with Gasteiger partial charge in [-0.3, -0.25) is 4.79 Å². The molecule has 1 aromatic rings. The van der Waals surface area contributed by atoms with Crippen molar-refractivity contribution in [3.8, 4) is 0 Å². The molecule has 4 nitrogen and oxygen atoms in total. The molecule has 0 aromatic heterocycles. The molecule has 0 saturated heterocycles. The summed E-state index contributed by atoms with van der Waals surface area (Å²) in [6.07, 6.45) is -0.0436. The summed E-state index contributed by atoms with van der Waals surface area (Å²) in [7, 11) is 2.92. The lowest BCUT2D eigenvalue weighted by atomic mass is 10.2. The number of para-hydroxylation sites is 1. The molecule has 1 amide bonds. The maximum Gasteiger partial charge on any atom is 0.333 e. The predicted molar refractivity (Wildman–Crippen MR) is 65.6 cm³/mol. The molecule has 0 radical (unpaired) electrons. The summed E-state index contributed by atoms with van der Waals surface area (Å²) >= 11 is 0. The van der Waals surface area contributed by atoms with Crippen LogP contribution in [0.15, 0.2) is 42.5 Å². The summed E-state index contributed by atoms with van der Waals surface area (Å²) in [5.74, 6) is -0.758. The molecule has 0 aliphatic carbocycles. The first-order valence-electron chi connectivity index (χ1n) is 5.14. The van der Waals surface area contributed by atoms with Gasteiger partial charge in [0.1, 0.15) is 0 Å². The molecule has 0 atom stereocenters. The first kappa shape index (κ1) is 13.0. The topological polar surface area (TPSA) is 46.6 Å². The summed E-state index contributed by atoms with van der Waals surface area (Å²) in [6, 6.07) is 9.19. The molecule has 0 fully saturated rings. The first-order chi connectivity index (χ1) is 8.06. The molecule has 1 rings (SSSR count). The summed E-state index contributed by atoms with van der Waals surface area (Å²) in [5, 5.41) is 0. The Hall–Kier alpha value is -2.10. The summed E-state index contributed by atoms with van der Waals surface area (Å²) in [5.41, 5.74) is 0.926. The number of methoxy groups -OCH3 is 1. The van der Waals surface area contributed by atoms with Crippen molar-refractivity contribution >= 4 is 17.6 Å². The van der Waals surface area contributed by atoms with E-state index in [9.17, 15) is 9.59 Å². The van der Waals surface area contributed by atoms with Gasteiger partial charge in [-0.25, -0.2) is 4.79 Å². The summed E-state index contributed by atoms with van der Waals surface area (Å²) in [4.78, 5) is 24.4. The van der Waals surface area contributed by atoms with E-state index in [1.54, 1.807) is 7.05 Å². The Labute approximate surface area is 100 Å². The number of hydrogen-bond donors (Lipinski definition) is 0. The number of carbonyl (C=O) groups excluding carboxylic acids is 2. The number of anilines is 1. The normalized spacial score (nSPS) is 9.53. The Kier molecular flexibility index (Phi) is 4.46. The van der Waals surface area contributed by atoms with E-state index in [2.05, 4.69) is 11.3 Å². The quantitative estimate of drug-likeness (QED) is 0.588. The van der Waals surface area contributed by atoms with Crippen LogP contribution in [0.5, 0.6) is 0 Å². The van der Waals surface area contributed by atoms with Crippen LogP contribution < -0.4 is 4.90 Å². The highest BCUT2D eigenvalue weighted by atomic mass is 16.5. The van der Waals surface area contributed by atoms with Gasteiger partial charge in [0.05, 0.1) is 13.5 Å². The van der Waals surface area contributed by atoms with Crippen LogP contribution in [0.25, 0.3) is 0 Å². The Bertz CT molecular complexity index is 426. The van der Waals surface area contributed by atoms with Crippen molar-refractivity contribution in [2.45, 2.75) is 6.42 Å². The average Bonchev–Trinajstić information content (AvgIpc) is 2.37. The van der Waals surface area contributed by atoms with Crippen LogP contribution in [-0.2, 0) is 14.3 Å². The highest BCUT2D eigenvalue weighted by molar-refractivity contribution is 6.00. The van der Waals surface area contributed by atoms with Crippen molar-refractivity contribution in [3.05, 3.63) is 42.5 Å². The Balaban J connectivity index is 2.66. The van der Waals surface area contributed by atoms with Gasteiger partial charge in [0.15, 0.2) is 0 Å². The van der Waals surface area contributed by atoms with E-state index < -0.39 is 5.97 Å². The van der Waals surface area contributed by atoms with Crippen LogP contribution in [-0.4, -0.2) is 26.0 Å². The zero-order valence-electron chi connectivity index (χ0n) is 9.97. The maximum absolute atomic E-state index is 11.8. The third kappa shape index (κ3) is 3.45. The second-order valence-electron chi connectivity index (χ2n) is 3.56. The van der Waals surface area contributed by atoms with Crippen LogP contribution in [0.2, 0.25) is 0 Å². The molecular formula is C13H15NO3. The fourth-order valence-electron chi connectivity index (χ4n) is 1.31. The third-order valence-electron chi connectivity index (χ3n) is 2.36. The van der Waals surface area contributed by atoms with E-state index in [0.717, 1.165) is 5.69 Å². The number of carbonyl (C=O) groups is 2. The molecule has 0 spiro atoms. The minimum Gasteiger partial charge on any atom is -0.466 e. The van der Waals surface area contributed by atoms with E-state index in [0.29, 0.717) is 0 Å². The average molecular weight is 233 g/mol. The lowest BCUT2D eigenvalue weighted by Crippen LogP contribution is -2.27. The van der Waals surface area contributed by atoms with Crippen molar-refractivity contribution in [2.24, 2.45) is 0 Å². The molecule has 1 aromatic carbocycles. The SMILES string of the molecule is C=C(CC(=O)N(C)c1ccccc1)C(=O)OC. The lowest BCUT2D eigenvalue weighted by molar-refractivity contribution is -0.137. The van der Waals surface area contributed by atoms with Gasteiger partial charge in [-0.05, 0) is 12.1 Å². The van der Waals surface area contributed by atoms with Gasteiger partial charge in [0, 0.05) is 18.3 Å². The van der Waals surface area contributed by atoms with Crippen molar-refractivity contribution in [1.82, 2.24) is 0 Å². The Morgan fingerprint density at radius 2 is 1.88 bits per heavy atom.